The Balaban J connectivity index is 1.93. The van der Waals surface area contributed by atoms with Gasteiger partial charge in [-0.15, -0.1) is 0 Å². The van der Waals surface area contributed by atoms with E-state index in [1.165, 1.54) is 47.5 Å². The Labute approximate surface area is 96.7 Å². The topological polar surface area (TPSA) is 12.0 Å². The van der Waals surface area contributed by atoms with Crippen molar-refractivity contribution >= 4 is 10.2 Å². The van der Waals surface area contributed by atoms with Gasteiger partial charge in [0.2, 0.25) is 0 Å². The van der Waals surface area contributed by atoms with Gasteiger partial charge in [0.25, 0.3) is 0 Å². The van der Waals surface area contributed by atoms with Crippen LogP contribution in [0.2, 0.25) is 6.04 Å². The predicted molar refractivity (Wildman–Crippen MR) is 71.4 cm³/mol. The van der Waals surface area contributed by atoms with E-state index < -0.39 is 0 Å². The average molecular weight is 221 g/mol. The van der Waals surface area contributed by atoms with E-state index in [9.17, 15) is 0 Å². The van der Waals surface area contributed by atoms with Crippen molar-refractivity contribution < 1.29 is 0 Å². The summed E-state index contributed by atoms with van der Waals surface area (Å²) in [5.41, 5.74) is 1.39. The Morgan fingerprint density at radius 1 is 0.933 bits per heavy atom. The van der Waals surface area contributed by atoms with Gasteiger partial charge in [0.05, 0.1) is 0 Å². The van der Waals surface area contributed by atoms with Crippen LogP contribution in [0.3, 0.4) is 0 Å². The van der Waals surface area contributed by atoms with Crippen LogP contribution in [0.1, 0.15) is 31.2 Å². The molecule has 0 aliphatic heterocycles. The van der Waals surface area contributed by atoms with E-state index in [-0.39, 0.29) is 0 Å². The second-order valence-electron chi connectivity index (χ2n) is 4.08. The van der Waals surface area contributed by atoms with Gasteiger partial charge in [0.1, 0.15) is 0 Å². The summed E-state index contributed by atoms with van der Waals surface area (Å²) in [5.74, 6) is 0. The molecule has 0 aliphatic carbocycles. The second kappa shape index (κ2) is 8.68. The van der Waals surface area contributed by atoms with Crippen LogP contribution < -0.4 is 5.32 Å². The Morgan fingerprint density at radius 2 is 1.67 bits per heavy atom. The highest BCUT2D eigenvalue weighted by atomic mass is 28.1. The minimum Gasteiger partial charge on any atom is -0.313 e. The van der Waals surface area contributed by atoms with Crippen LogP contribution in [-0.4, -0.2) is 16.8 Å². The van der Waals surface area contributed by atoms with Crippen LogP contribution in [-0.2, 0) is 6.54 Å². The number of rotatable bonds is 8. The van der Waals surface area contributed by atoms with Crippen molar-refractivity contribution in [3.63, 3.8) is 0 Å². The molecule has 0 bridgehead atoms. The molecule has 1 aromatic rings. The monoisotopic (exact) mass is 221 g/mol. The van der Waals surface area contributed by atoms with Crippen molar-refractivity contribution in [2.75, 3.05) is 6.54 Å². The summed E-state index contributed by atoms with van der Waals surface area (Å²) in [6.45, 7) is 2.18. The molecule has 2 heteroatoms. The standard InChI is InChI=1S/C13H23NSi/c15-11-7-2-1-6-10-14-12-13-8-4-3-5-9-13/h3-5,8-9,14H,1-2,6-7,10-12H2,15H3. The molecule has 0 heterocycles. The van der Waals surface area contributed by atoms with Crippen LogP contribution in [0.15, 0.2) is 30.3 Å². The number of hydrogen-bond acceptors (Lipinski definition) is 1. The highest BCUT2D eigenvalue weighted by molar-refractivity contribution is 6.08. The summed E-state index contributed by atoms with van der Waals surface area (Å²) < 4.78 is 0. The number of hydrogen-bond donors (Lipinski definition) is 1. The molecule has 0 aliphatic rings. The van der Waals surface area contributed by atoms with Crippen molar-refractivity contribution in [3.05, 3.63) is 35.9 Å². The Hall–Kier alpha value is -0.603. The molecule has 0 radical (unpaired) electrons. The average Bonchev–Trinajstić information content (AvgIpc) is 2.29. The third-order valence-electron chi connectivity index (χ3n) is 2.63. The fourth-order valence-corrected chi connectivity index (χ4v) is 2.18. The fraction of sp³-hybridized carbons (Fsp3) is 0.538. The smallest absolute Gasteiger partial charge is 0.0205 e. The van der Waals surface area contributed by atoms with Crippen molar-refractivity contribution in [2.45, 2.75) is 38.3 Å². The molecule has 0 aromatic heterocycles. The fourth-order valence-electron chi connectivity index (χ4n) is 1.68. The highest BCUT2D eigenvalue weighted by Gasteiger charge is 1.91. The number of unbranched alkanes of at least 4 members (excludes halogenated alkanes) is 3. The molecule has 0 saturated heterocycles. The van der Waals surface area contributed by atoms with Gasteiger partial charge in [-0.25, -0.2) is 0 Å². The molecule has 1 rings (SSSR count). The van der Waals surface area contributed by atoms with E-state index in [2.05, 4.69) is 35.6 Å². The second-order valence-corrected chi connectivity index (χ2v) is 5.08. The SMILES string of the molecule is [SiH3]CCCCCCNCc1ccccc1. The Bertz CT molecular complexity index is 236. The van der Waals surface area contributed by atoms with Gasteiger partial charge < -0.3 is 5.32 Å². The van der Waals surface area contributed by atoms with E-state index in [1.807, 2.05) is 0 Å². The van der Waals surface area contributed by atoms with Gasteiger partial charge in [-0.05, 0) is 18.5 Å². The van der Waals surface area contributed by atoms with Crippen molar-refractivity contribution in [1.29, 1.82) is 0 Å². The molecular formula is C13H23NSi. The lowest BCUT2D eigenvalue weighted by Gasteiger charge is -2.04. The molecule has 1 aromatic carbocycles. The third kappa shape index (κ3) is 6.47. The van der Waals surface area contributed by atoms with E-state index in [1.54, 1.807) is 0 Å². The first kappa shape index (κ1) is 12.5. The van der Waals surface area contributed by atoms with Crippen LogP contribution in [0.4, 0.5) is 0 Å². The van der Waals surface area contributed by atoms with Crippen molar-refractivity contribution in [1.82, 2.24) is 5.32 Å². The molecule has 1 nitrogen and oxygen atoms in total. The summed E-state index contributed by atoms with van der Waals surface area (Å²) in [5, 5.41) is 3.49. The molecular weight excluding hydrogens is 198 g/mol. The first-order chi connectivity index (χ1) is 7.43. The maximum Gasteiger partial charge on any atom is 0.0205 e. The Kier molecular flexibility index (Phi) is 7.22. The maximum absolute atomic E-state index is 3.49. The van der Waals surface area contributed by atoms with E-state index in [4.69, 9.17) is 0 Å². The van der Waals surface area contributed by atoms with Gasteiger partial charge in [-0.3, -0.25) is 0 Å². The third-order valence-corrected chi connectivity index (χ3v) is 3.34. The summed E-state index contributed by atoms with van der Waals surface area (Å²) in [7, 11) is 1.38. The van der Waals surface area contributed by atoms with Crippen molar-refractivity contribution in [2.24, 2.45) is 0 Å². The van der Waals surface area contributed by atoms with Crippen molar-refractivity contribution in [3.8, 4) is 0 Å². The summed E-state index contributed by atoms with van der Waals surface area (Å²) in [6, 6.07) is 12.1. The summed E-state index contributed by atoms with van der Waals surface area (Å²) in [6.07, 6.45) is 5.60. The predicted octanol–water partition coefficient (Wildman–Crippen LogP) is 2.12. The Morgan fingerprint density at radius 3 is 2.40 bits per heavy atom. The van der Waals surface area contributed by atoms with E-state index in [0.29, 0.717) is 0 Å². The molecule has 0 amide bonds. The van der Waals surface area contributed by atoms with Crippen LogP contribution in [0, 0.1) is 0 Å². The first-order valence-electron chi connectivity index (χ1n) is 6.18. The molecule has 0 fully saturated rings. The largest absolute Gasteiger partial charge is 0.313 e. The maximum atomic E-state index is 3.49. The molecule has 15 heavy (non-hydrogen) atoms. The lowest BCUT2D eigenvalue weighted by molar-refractivity contribution is 0.598. The van der Waals surface area contributed by atoms with Gasteiger partial charge in [0.15, 0.2) is 0 Å². The summed E-state index contributed by atoms with van der Waals surface area (Å²) in [4.78, 5) is 0. The van der Waals surface area contributed by atoms with Gasteiger partial charge >= 0.3 is 0 Å². The molecule has 0 unspecified atom stereocenters. The first-order valence-corrected chi connectivity index (χ1v) is 7.59. The zero-order valence-electron chi connectivity index (χ0n) is 9.84. The molecule has 84 valence electrons. The minimum absolute atomic E-state index is 1.02. The van der Waals surface area contributed by atoms with E-state index >= 15 is 0 Å². The molecule has 0 atom stereocenters. The zero-order chi connectivity index (χ0) is 10.8. The van der Waals surface area contributed by atoms with Crippen LogP contribution in [0.5, 0.6) is 0 Å². The summed E-state index contributed by atoms with van der Waals surface area (Å²) >= 11 is 0. The normalized spacial score (nSPS) is 10.7. The minimum atomic E-state index is 1.02. The lowest BCUT2D eigenvalue weighted by Crippen LogP contribution is -2.14. The lowest BCUT2D eigenvalue weighted by atomic mass is 10.2. The molecule has 0 saturated carbocycles. The van der Waals surface area contributed by atoms with Crippen LogP contribution >= 0.6 is 0 Å². The van der Waals surface area contributed by atoms with Crippen LogP contribution in [0.25, 0.3) is 0 Å². The van der Waals surface area contributed by atoms with Gasteiger partial charge in [-0.2, -0.15) is 0 Å². The highest BCUT2D eigenvalue weighted by Crippen LogP contribution is 2.01. The van der Waals surface area contributed by atoms with Gasteiger partial charge in [-0.1, -0.05) is 55.6 Å². The number of nitrogens with one attached hydrogen (secondary N) is 1. The quantitative estimate of drug-likeness (QED) is 0.524. The van der Waals surface area contributed by atoms with E-state index in [0.717, 1.165) is 13.1 Å². The zero-order valence-corrected chi connectivity index (χ0v) is 11.8. The molecule has 0 spiro atoms. The number of benzene rings is 1. The van der Waals surface area contributed by atoms with Gasteiger partial charge in [0, 0.05) is 16.8 Å². The molecule has 1 N–H and O–H groups in total.